The third-order valence-corrected chi connectivity index (χ3v) is 4.86. The molecule has 0 radical (unpaired) electrons. The second-order valence-corrected chi connectivity index (χ2v) is 6.76. The number of carbonyl (C=O) groups excluding carboxylic acids is 1. The third-order valence-electron chi connectivity index (χ3n) is 3.84. The summed E-state index contributed by atoms with van der Waals surface area (Å²) in [5, 5.41) is 32.8. The second kappa shape index (κ2) is 8.48. The van der Waals surface area contributed by atoms with E-state index in [1.165, 1.54) is 36.4 Å². The van der Waals surface area contributed by atoms with Gasteiger partial charge in [-0.3, -0.25) is 25.0 Å². The predicted octanol–water partition coefficient (Wildman–Crippen LogP) is 3.03. The van der Waals surface area contributed by atoms with Crippen LogP contribution in [0.3, 0.4) is 0 Å². The molecule has 0 fully saturated rings. The van der Waals surface area contributed by atoms with Crippen LogP contribution in [0.25, 0.3) is 11.4 Å². The maximum atomic E-state index is 12.1. The van der Waals surface area contributed by atoms with Crippen LogP contribution < -0.4 is 5.32 Å². The van der Waals surface area contributed by atoms with E-state index in [1.54, 1.807) is 23.7 Å². The van der Waals surface area contributed by atoms with Gasteiger partial charge in [-0.2, -0.15) is 0 Å². The van der Waals surface area contributed by atoms with Gasteiger partial charge in [-0.1, -0.05) is 23.9 Å². The zero-order valence-electron chi connectivity index (χ0n) is 15.0. The third kappa shape index (κ3) is 4.73. The van der Waals surface area contributed by atoms with Gasteiger partial charge < -0.3 is 9.88 Å². The van der Waals surface area contributed by atoms with Gasteiger partial charge in [-0.05, 0) is 12.1 Å². The minimum Gasteiger partial charge on any atom is -0.325 e. The molecule has 1 aromatic heterocycles. The molecule has 1 heterocycles. The summed E-state index contributed by atoms with van der Waals surface area (Å²) in [5.74, 6) is 0.161. The highest BCUT2D eigenvalue weighted by Crippen LogP contribution is 2.25. The van der Waals surface area contributed by atoms with Crippen molar-refractivity contribution in [3.05, 3.63) is 68.8 Å². The van der Waals surface area contributed by atoms with Crippen molar-refractivity contribution < 1.29 is 14.6 Å². The van der Waals surface area contributed by atoms with Gasteiger partial charge in [0.2, 0.25) is 5.91 Å². The molecule has 29 heavy (non-hydrogen) atoms. The molecule has 0 aliphatic rings. The van der Waals surface area contributed by atoms with Crippen molar-refractivity contribution in [2.75, 3.05) is 11.1 Å². The summed E-state index contributed by atoms with van der Waals surface area (Å²) in [5.41, 5.74) is 0.861. The molecule has 0 saturated heterocycles. The molecule has 3 rings (SSSR count). The Balaban J connectivity index is 1.64. The van der Waals surface area contributed by atoms with E-state index in [0.717, 1.165) is 11.8 Å². The smallest absolute Gasteiger partial charge is 0.270 e. The highest BCUT2D eigenvalue weighted by molar-refractivity contribution is 7.99. The van der Waals surface area contributed by atoms with Crippen molar-refractivity contribution in [2.24, 2.45) is 7.05 Å². The Labute approximate surface area is 168 Å². The number of non-ortho nitro benzene ring substituents is 2. The lowest BCUT2D eigenvalue weighted by Crippen LogP contribution is -2.14. The predicted molar refractivity (Wildman–Crippen MR) is 106 cm³/mol. The normalized spacial score (nSPS) is 10.5. The number of thioether (sulfide) groups is 1. The fourth-order valence-electron chi connectivity index (χ4n) is 2.44. The molecule has 2 aromatic carbocycles. The summed E-state index contributed by atoms with van der Waals surface area (Å²) in [7, 11) is 1.70. The van der Waals surface area contributed by atoms with Crippen LogP contribution >= 0.6 is 11.8 Å². The van der Waals surface area contributed by atoms with Gasteiger partial charge in [0.05, 0.1) is 15.6 Å². The van der Waals surface area contributed by atoms with Gasteiger partial charge >= 0.3 is 0 Å². The van der Waals surface area contributed by atoms with Crippen LogP contribution in [0.4, 0.5) is 17.1 Å². The molecule has 0 saturated carbocycles. The van der Waals surface area contributed by atoms with Crippen molar-refractivity contribution in [3.8, 4) is 11.4 Å². The number of hydrogen-bond donors (Lipinski definition) is 1. The van der Waals surface area contributed by atoms with Crippen LogP contribution in [0.2, 0.25) is 0 Å². The SMILES string of the molecule is Cn1c(SCC(=O)Nc2ccc([N+](=O)[O-])cc2)nnc1-c1cccc([N+](=O)[O-])c1. The minimum absolute atomic E-state index is 0.0396. The number of carbonyl (C=O) groups is 1. The van der Waals surface area contributed by atoms with Crippen molar-refractivity contribution in [1.82, 2.24) is 14.8 Å². The van der Waals surface area contributed by atoms with Crippen LogP contribution in [0, 0.1) is 20.2 Å². The lowest BCUT2D eigenvalue weighted by Gasteiger charge is -2.06. The van der Waals surface area contributed by atoms with Gasteiger partial charge in [0, 0.05) is 42.6 Å². The number of hydrogen-bond acceptors (Lipinski definition) is 8. The number of nitrogens with one attached hydrogen (secondary N) is 1. The van der Waals surface area contributed by atoms with E-state index in [-0.39, 0.29) is 23.0 Å². The Morgan fingerprint density at radius 3 is 2.41 bits per heavy atom. The van der Waals surface area contributed by atoms with Gasteiger partial charge in [0.15, 0.2) is 11.0 Å². The van der Waals surface area contributed by atoms with Crippen LogP contribution in [0.1, 0.15) is 0 Å². The van der Waals surface area contributed by atoms with Crippen molar-refractivity contribution in [3.63, 3.8) is 0 Å². The summed E-state index contributed by atoms with van der Waals surface area (Å²) >= 11 is 1.14. The fraction of sp³-hybridized carbons (Fsp3) is 0.118. The molecule has 3 aromatic rings. The summed E-state index contributed by atoms with van der Waals surface area (Å²) in [6.45, 7) is 0. The average molecular weight is 414 g/mol. The summed E-state index contributed by atoms with van der Waals surface area (Å²) in [4.78, 5) is 32.7. The van der Waals surface area contributed by atoms with Crippen molar-refractivity contribution >= 4 is 34.7 Å². The molecule has 1 N–H and O–H groups in total. The van der Waals surface area contributed by atoms with E-state index in [0.29, 0.717) is 22.2 Å². The molecule has 1 amide bonds. The number of rotatable bonds is 7. The zero-order chi connectivity index (χ0) is 21.0. The number of nitrogens with zero attached hydrogens (tertiary/aromatic N) is 5. The molecule has 0 spiro atoms. The lowest BCUT2D eigenvalue weighted by molar-refractivity contribution is -0.385. The molecular formula is C17H14N6O5S. The van der Waals surface area contributed by atoms with E-state index in [1.807, 2.05) is 0 Å². The van der Waals surface area contributed by atoms with Crippen LogP contribution in [0.15, 0.2) is 53.7 Å². The molecule has 0 aliphatic heterocycles. The first-order chi connectivity index (χ1) is 13.8. The number of nitro groups is 2. The monoisotopic (exact) mass is 414 g/mol. The Bertz CT molecular complexity index is 1080. The van der Waals surface area contributed by atoms with Gasteiger partial charge in [0.25, 0.3) is 11.4 Å². The molecule has 0 bridgehead atoms. The summed E-state index contributed by atoms with van der Waals surface area (Å²) in [6, 6.07) is 11.5. The number of aromatic nitrogens is 3. The van der Waals surface area contributed by atoms with Crippen molar-refractivity contribution in [1.29, 1.82) is 0 Å². The zero-order valence-corrected chi connectivity index (χ0v) is 15.8. The van der Waals surface area contributed by atoms with Crippen LogP contribution in [0.5, 0.6) is 0 Å². The number of benzene rings is 2. The van der Waals surface area contributed by atoms with Crippen molar-refractivity contribution in [2.45, 2.75) is 5.16 Å². The Kier molecular flexibility index (Phi) is 5.83. The maximum Gasteiger partial charge on any atom is 0.270 e. The molecule has 0 aliphatic carbocycles. The second-order valence-electron chi connectivity index (χ2n) is 5.81. The van der Waals surface area contributed by atoms with E-state index in [9.17, 15) is 25.0 Å². The molecule has 0 atom stereocenters. The number of nitro benzene ring substituents is 2. The molecule has 11 nitrogen and oxygen atoms in total. The molecule has 0 unspecified atom stereocenters. The Hall–Kier alpha value is -3.80. The average Bonchev–Trinajstić information content (AvgIpc) is 3.07. The summed E-state index contributed by atoms with van der Waals surface area (Å²) < 4.78 is 1.64. The van der Waals surface area contributed by atoms with E-state index in [4.69, 9.17) is 0 Å². The lowest BCUT2D eigenvalue weighted by atomic mass is 10.2. The van der Waals surface area contributed by atoms with Gasteiger partial charge in [0.1, 0.15) is 0 Å². The highest BCUT2D eigenvalue weighted by Gasteiger charge is 2.15. The van der Waals surface area contributed by atoms with E-state index >= 15 is 0 Å². The standard InChI is InChI=1S/C17H14N6O5S/c1-21-16(11-3-2-4-14(9-11)23(27)28)19-20-17(21)29-10-15(24)18-12-5-7-13(8-6-12)22(25)26/h2-9H,10H2,1H3,(H,18,24). The molecule has 12 heteroatoms. The molecular weight excluding hydrogens is 400 g/mol. The van der Waals surface area contributed by atoms with E-state index in [2.05, 4.69) is 15.5 Å². The maximum absolute atomic E-state index is 12.1. The minimum atomic E-state index is -0.519. The summed E-state index contributed by atoms with van der Waals surface area (Å²) in [6.07, 6.45) is 0. The highest BCUT2D eigenvalue weighted by atomic mass is 32.2. The van der Waals surface area contributed by atoms with Gasteiger partial charge in [-0.25, -0.2) is 0 Å². The quantitative estimate of drug-likeness (QED) is 0.352. The topological polar surface area (TPSA) is 146 Å². The first kappa shape index (κ1) is 19.9. The molecule has 148 valence electrons. The Morgan fingerprint density at radius 2 is 1.76 bits per heavy atom. The largest absolute Gasteiger partial charge is 0.325 e. The van der Waals surface area contributed by atoms with Gasteiger partial charge in [-0.15, -0.1) is 10.2 Å². The first-order valence-corrected chi connectivity index (χ1v) is 9.15. The van der Waals surface area contributed by atoms with Crippen LogP contribution in [-0.4, -0.2) is 36.3 Å². The first-order valence-electron chi connectivity index (χ1n) is 8.16. The number of anilines is 1. The van der Waals surface area contributed by atoms with Crippen LogP contribution in [-0.2, 0) is 11.8 Å². The van der Waals surface area contributed by atoms with E-state index < -0.39 is 9.85 Å². The number of amides is 1. The Morgan fingerprint density at radius 1 is 1.07 bits per heavy atom. The fourth-order valence-corrected chi connectivity index (χ4v) is 3.16.